The van der Waals surface area contributed by atoms with Crippen molar-refractivity contribution in [1.29, 1.82) is 0 Å². The van der Waals surface area contributed by atoms with Crippen molar-refractivity contribution < 1.29 is 13.2 Å². The molecule has 0 bridgehead atoms. The van der Waals surface area contributed by atoms with Gasteiger partial charge >= 0.3 is 0 Å². The van der Waals surface area contributed by atoms with Crippen molar-refractivity contribution in [2.75, 3.05) is 53.4 Å². The zero-order chi connectivity index (χ0) is 23.2. The summed E-state index contributed by atoms with van der Waals surface area (Å²) in [6, 6.07) is 0.385. The van der Waals surface area contributed by atoms with E-state index in [2.05, 4.69) is 25.7 Å². The van der Waals surface area contributed by atoms with Gasteiger partial charge in [-0.25, -0.2) is 18.1 Å². The highest BCUT2D eigenvalue weighted by Crippen LogP contribution is 2.53. The van der Waals surface area contributed by atoms with Crippen LogP contribution in [0.3, 0.4) is 0 Å². The Morgan fingerprint density at radius 1 is 1.24 bits per heavy atom. The van der Waals surface area contributed by atoms with E-state index in [-0.39, 0.29) is 30.9 Å². The third-order valence-corrected chi connectivity index (χ3v) is 10.8. The Labute approximate surface area is 198 Å². The minimum atomic E-state index is -3.62. The number of ether oxygens (including phenoxy) is 1. The third-order valence-electron chi connectivity index (χ3n) is 8.95. The summed E-state index contributed by atoms with van der Waals surface area (Å²) in [5.74, 6) is 0.420. The number of hydrogen-bond acceptors (Lipinski definition) is 9. The summed E-state index contributed by atoms with van der Waals surface area (Å²) in [5, 5.41) is 8.36. The van der Waals surface area contributed by atoms with Gasteiger partial charge in [-0.1, -0.05) is 0 Å². The Morgan fingerprint density at radius 2 is 2.03 bits per heavy atom. The van der Waals surface area contributed by atoms with Crippen molar-refractivity contribution in [3.05, 3.63) is 0 Å². The van der Waals surface area contributed by atoms with Crippen LogP contribution in [0, 0.1) is 11.3 Å². The van der Waals surface area contributed by atoms with Crippen LogP contribution >= 0.6 is 0 Å². The molecule has 7 unspecified atom stereocenters. The van der Waals surface area contributed by atoms with Crippen LogP contribution < -0.4 is 26.5 Å². The summed E-state index contributed by atoms with van der Waals surface area (Å²) < 4.78 is 35.5. The minimum absolute atomic E-state index is 0.0805. The third kappa shape index (κ3) is 4.99. The van der Waals surface area contributed by atoms with Crippen molar-refractivity contribution in [1.82, 2.24) is 30.7 Å². The molecule has 2 aliphatic carbocycles. The molecule has 3 aliphatic heterocycles. The number of likely N-dealkylation sites (N-methyl/N-ethyl adjacent to an activating group) is 1. The SMILES string of the molecule is COC1CCC2CNN(C)C2C1NS(=O)(=O)C(CN)CNC1CC(N2CC3(CC3)C2)CCN1. The fourth-order valence-electron chi connectivity index (χ4n) is 6.63. The van der Waals surface area contributed by atoms with Gasteiger partial charge in [-0.2, -0.15) is 0 Å². The number of nitrogens with zero attached hydrogens (tertiary/aromatic N) is 2. The van der Waals surface area contributed by atoms with E-state index < -0.39 is 15.3 Å². The second-order valence-electron chi connectivity index (χ2n) is 11.1. The molecule has 0 aromatic heterocycles. The monoisotopic (exact) mass is 485 g/mol. The van der Waals surface area contributed by atoms with E-state index in [0.717, 1.165) is 32.4 Å². The van der Waals surface area contributed by atoms with Crippen LogP contribution in [0.4, 0.5) is 0 Å². The van der Waals surface area contributed by atoms with Gasteiger partial charge in [0.2, 0.25) is 10.0 Å². The summed E-state index contributed by atoms with van der Waals surface area (Å²) in [5.41, 5.74) is 10.0. The number of hydrazine groups is 1. The van der Waals surface area contributed by atoms with Gasteiger partial charge in [0, 0.05) is 59.0 Å². The van der Waals surface area contributed by atoms with Crippen LogP contribution in [0.15, 0.2) is 0 Å². The lowest BCUT2D eigenvalue weighted by molar-refractivity contribution is 0.00326. The molecular formula is C22H43N7O3S. The van der Waals surface area contributed by atoms with Gasteiger partial charge in [0.1, 0.15) is 5.25 Å². The molecule has 1 spiro atoms. The first-order valence-electron chi connectivity index (χ1n) is 12.8. The maximum absolute atomic E-state index is 13.4. The van der Waals surface area contributed by atoms with Gasteiger partial charge in [-0.15, -0.1) is 0 Å². The fraction of sp³-hybridized carbons (Fsp3) is 1.00. The van der Waals surface area contributed by atoms with Gasteiger partial charge in [-0.05, 0) is 56.4 Å². The van der Waals surface area contributed by atoms with Crippen LogP contribution in [-0.4, -0.2) is 107 Å². The molecule has 33 heavy (non-hydrogen) atoms. The number of sulfonamides is 1. The first kappa shape index (κ1) is 24.3. The number of likely N-dealkylation sites (tertiary alicyclic amines) is 1. The van der Waals surface area contributed by atoms with Gasteiger partial charge in [0.15, 0.2) is 0 Å². The zero-order valence-corrected chi connectivity index (χ0v) is 20.9. The van der Waals surface area contributed by atoms with Gasteiger partial charge in [0.05, 0.1) is 18.3 Å². The van der Waals surface area contributed by atoms with E-state index in [4.69, 9.17) is 10.5 Å². The molecule has 3 saturated heterocycles. The molecule has 0 amide bonds. The van der Waals surface area contributed by atoms with E-state index in [1.54, 1.807) is 7.11 Å². The van der Waals surface area contributed by atoms with E-state index in [1.807, 2.05) is 12.1 Å². The van der Waals surface area contributed by atoms with E-state index in [9.17, 15) is 8.42 Å². The molecule has 2 saturated carbocycles. The number of rotatable bonds is 9. The van der Waals surface area contributed by atoms with Crippen molar-refractivity contribution in [3.63, 3.8) is 0 Å². The largest absolute Gasteiger partial charge is 0.380 e. The fourth-order valence-corrected chi connectivity index (χ4v) is 8.06. The molecule has 11 heteroatoms. The van der Waals surface area contributed by atoms with Gasteiger partial charge in [0.25, 0.3) is 0 Å². The molecule has 3 heterocycles. The van der Waals surface area contributed by atoms with Crippen molar-refractivity contribution in [2.24, 2.45) is 17.1 Å². The van der Waals surface area contributed by atoms with Crippen LogP contribution in [0.2, 0.25) is 0 Å². The van der Waals surface area contributed by atoms with Crippen molar-refractivity contribution in [3.8, 4) is 0 Å². The second-order valence-corrected chi connectivity index (χ2v) is 13.1. The number of methoxy groups -OCH3 is 1. The Hall–Kier alpha value is -0.370. The normalized spacial score (nSPS) is 39.8. The Morgan fingerprint density at radius 3 is 2.73 bits per heavy atom. The van der Waals surface area contributed by atoms with Crippen LogP contribution in [0.1, 0.15) is 38.5 Å². The summed E-state index contributed by atoms with van der Waals surface area (Å²) >= 11 is 0. The lowest BCUT2D eigenvalue weighted by Crippen LogP contribution is -2.63. The molecule has 190 valence electrons. The Bertz CT molecular complexity index is 787. The highest BCUT2D eigenvalue weighted by atomic mass is 32.2. The first-order chi connectivity index (χ1) is 15.8. The van der Waals surface area contributed by atoms with E-state index in [0.29, 0.717) is 23.9 Å². The predicted octanol–water partition coefficient (Wildman–Crippen LogP) is -1.39. The maximum atomic E-state index is 13.4. The van der Waals surface area contributed by atoms with Crippen LogP contribution in [0.5, 0.6) is 0 Å². The van der Waals surface area contributed by atoms with Gasteiger partial charge < -0.3 is 21.1 Å². The minimum Gasteiger partial charge on any atom is -0.380 e. The molecule has 5 rings (SSSR count). The number of fused-ring (bicyclic) bond motifs is 1. The molecule has 10 nitrogen and oxygen atoms in total. The number of hydrogen-bond donors (Lipinski definition) is 5. The highest BCUT2D eigenvalue weighted by Gasteiger charge is 2.54. The molecule has 0 aromatic rings. The zero-order valence-electron chi connectivity index (χ0n) is 20.1. The summed E-state index contributed by atoms with van der Waals surface area (Å²) in [7, 11) is 0.0395. The topological polar surface area (TPSA) is 124 Å². The average molecular weight is 486 g/mol. The predicted molar refractivity (Wildman–Crippen MR) is 128 cm³/mol. The molecule has 6 N–H and O–H groups in total. The lowest BCUT2D eigenvalue weighted by atomic mass is 9.80. The quantitative estimate of drug-likeness (QED) is 0.268. The first-order valence-corrected chi connectivity index (χ1v) is 14.3. The second kappa shape index (κ2) is 9.59. The van der Waals surface area contributed by atoms with Crippen LogP contribution in [0.25, 0.3) is 0 Å². The summed E-state index contributed by atoms with van der Waals surface area (Å²) in [6.45, 7) is 4.77. The maximum Gasteiger partial charge on any atom is 0.217 e. The molecule has 0 aromatic carbocycles. The summed E-state index contributed by atoms with van der Waals surface area (Å²) in [6.07, 6.45) is 6.86. The Kier molecular flexibility index (Phi) is 7.07. The number of nitrogens with one attached hydrogen (secondary N) is 4. The molecule has 5 aliphatic rings. The van der Waals surface area contributed by atoms with E-state index in [1.165, 1.54) is 32.4 Å². The standard InChI is InChI=1S/C22H43N7O3S/c1-28-21-15(11-26-28)3-4-18(32-2)20(21)27-33(30,31)17(10-23)12-25-19-9-16(5-8-24-19)29-13-22(14-29)6-7-22/h15-21,24-27H,3-14,23H2,1-2H3. The lowest BCUT2D eigenvalue weighted by Gasteiger charge is -2.48. The highest BCUT2D eigenvalue weighted by molar-refractivity contribution is 7.90. The van der Waals surface area contributed by atoms with Crippen molar-refractivity contribution >= 4 is 10.0 Å². The smallest absolute Gasteiger partial charge is 0.217 e. The summed E-state index contributed by atoms with van der Waals surface area (Å²) in [4.78, 5) is 2.62. The number of nitrogens with two attached hydrogens (primary N) is 1. The molecule has 7 atom stereocenters. The van der Waals surface area contributed by atoms with Crippen molar-refractivity contribution in [2.45, 2.75) is 74.2 Å². The van der Waals surface area contributed by atoms with Crippen LogP contribution in [-0.2, 0) is 14.8 Å². The van der Waals surface area contributed by atoms with Gasteiger partial charge in [-0.3, -0.25) is 10.3 Å². The Balaban J connectivity index is 1.17. The number of piperidine rings is 1. The molecular weight excluding hydrogens is 442 g/mol. The molecule has 0 radical (unpaired) electrons. The van der Waals surface area contributed by atoms with E-state index >= 15 is 0 Å². The average Bonchev–Trinajstić information content (AvgIpc) is 3.50. The molecule has 5 fully saturated rings.